The molecule has 0 aliphatic heterocycles. The average Bonchev–Trinajstić information content (AvgIpc) is 2.95. The van der Waals surface area contributed by atoms with Crippen LogP contribution in [0.25, 0.3) is 0 Å². The van der Waals surface area contributed by atoms with E-state index in [2.05, 4.69) is 9.88 Å². The van der Waals surface area contributed by atoms with Crippen LogP contribution in [0.3, 0.4) is 0 Å². The molecular formula is C10H12N2O4S2. The molecule has 0 amide bonds. The molecule has 0 aliphatic rings. The highest BCUT2D eigenvalue weighted by Gasteiger charge is 2.18. The van der Waals surface area contributed by atoms with Crippen molar-refractivity contribution in [2.75, 3.05) is 0 Å². The van der Waals surface area contributed by atoms with Crippen LogP contribution in [0.1, 0.15) is 16.2 Å². The van der Waals surface area contributed by atoms with Crippen LogP contribution in [-0.2, 0) is 23.2 Å². The van der Waals surface area contributed by atoms with Crippen molar-refractivity contribution in [1.29, 1.82) is 0 Å². The lowest BCUT2D eigenvalue weighted by Crippen LogP contribution is -2.22. The number of aryl methyl sites for hydroxylation is 1. The van der Waals surface area contributed by atoms with Crippen LogP contribution in [0.4, 0.5) is 0 Å². The normalized spacial score (nSPS) is 11.9. The molecule has 2 N–H and O–H groups in total. The van der Waals surface area contributed by atoms with Crippen molar-refractivity contribution >= 4 is 21.4 Å². The lowest BCUT2D eigenvalue weighted by molar-refractivity contribution is 0.285. The molecule has 2 heterocycles. The molecule has 0 unspecified atom stereocenters. The summed E-state index contributed by atoms with van der Waals surface area (Å²) in [6, 6.07) is 3.13. The smallest absolute Gasteiger partial charge is 0.250 e. The first-order chi connectivity index (χ1) is 8.53. The first-order valence-electron chi connectivity index (χ1n) is 5.12. The number of thiophene rings is 1. The summed E-state index contributed by atoms with van der Waals surface area (Å²) in [5.74, 6) is 0.439. The van der Waals surface area contributed by atoms with Gasteiger partial charge in [0.05, 0.1) is 19.3 Å². The predicted molar refractivity (Wildman–Crippen MR) is 65.5 cm³/mol. The largest absolute Gasteiger partial charge is 0.391 e. The molecule has 18 heavy (non-hydrogen) atoms. The minimum Gasteiger partial charge on any atom is -0.391 e. The first kappa shape index (κ1) is 13.2. The highest BCUT2D eigenvalue weighted by molar-refractivity contribution is 7.91. The molecule has 0 saturated carbocycles. The van der Waals surface area contributed by atoms with E-state index >= 15 is 0 Å². The van der Waals surface area contributed by atoms with Gasteiger partial charge in [-0.1, -0.05) is 5.16 Å². The van der Waals surface area contributed by atoms with Crippen molar-refractivity contribution in [3.05, 3.63) is 34.5 Å². The van der Waals surface area contributed by atoms with E-state index in [0.29, 0.717) is 10.6 Å². The molecule has 0 fully saturated rings. The molecule has 8 heteroatoms. The number of nitrogens with one attached hydrogen (secondary N) is 1. The number of rotatable bonds is 5. The molecule has 0 radical (unpaired) electrons. The summed E-state index contributed by atoms with van der Waals surface area (Å²) in [5.41, 5.74) is 0.766. The minimum atomic E-state index is -3.58. The summed E-state index contributed by atoms with van der Waals surface area (Å²) in [4.78, 5) is 0.648. The van der Waals surface area contributed by atoms with E-state index in [1.165, 1.54) is 6.20 Å². The van der Waals surface area contributed by atoms with Gasteiger partial charge in [-0.3, -0.25) is 0 Å². The Balaban J connectivity index is 2.14. The number of hydrogen-bond donors (Lipinski definition) is 2. The highest BCUT2D eigenvalue weighted by Crippen LogP contribution is 2.25. The van der Waals surface area contributed by atoms with E-state index in [0.717, 1.165) is 16.9 Å². The second kappa shape index (κ2) is 5.19. The van der Waals surface area contributed by atoms with Crippen molar-refractivity contribution in [2.24, 2.45) is 0 Å². The molecule has 0 aromatic carbocycles. The van der Waals surface area contributed by atoms with Crippen LogP contribution in [0.15, 0.2) is 27.1 Å². The Bertz CT molecular complexity index is 616. The van der Waals surface area contributed by atoms with Gasteiger partial charge in [-0.05, 0) is 18.6 Å². The van der Waals surface area contributed by atoms with Gasteiger partial charge in [0.2, 0.25) is 10.0 Å². The molecular weight excluding hydrogens is 276 g/mol. The fourth-order valence-corrected chi connectivity index (χ4v) is 3.84. The second-order valence-electron chi connectivity index (χ2n) is 3.63. The minimum absolute atomic E-state index is 0.0493. The molecule has 6 nitrogen and oxygen atoms in total. The van der Waals surface area contributed by atoms with Crippen molar-refractivity contribution in [3.63, 3.8) is 0 Å². The Labute approximate surface area is 108 Å². The van der Waals surface area contributed by atoms with E-state index in [1.54, 1.807) is 19.1 Å². The molecule has 0 spiro atoms. The number of hydrogen-bond acceptors (Lipinski definition) is 6. The zero-order chi connectivity index (χ0) is 13.2. The Hall–Kier alpha value is -1.22. The van der Waals surface area contributed by atoms with Crippen molar-refractivity contribution in [1.82, 2.24) is 9.88 Å². The van der Waals surface area contributed by atoms with Crippen LogP contribution < -0.4 is 4.72 Å². The van der Waals surface area contributed by atoms with E-state index in [4.69, 9.17) is 9.63 Å². The van der Waals surface area contributed by atoms with E-state index in [9.17, 15) is 8.42 Å². The highest BCUT2D eigenvalue weighted by atomic mass is 32.2. The summed E-state index contributed by atoms with van der Waals surface area (Å²) in [5, 5.41) is 12.5. The number of nitrogens with zero attached hydrogens (tertiary/aromatic N) is 1. The van der Waals surface area contributed by atoms with E-state index in [1.807, 2.05) is 0 Å². The fraction of sp³-hybridized carbons (Fsp3) is 0.300. The standard InChI is InChI=1S/C10H12N2O4S2/c1-7-4-10(17-9(7)6-13)18(14,15)12-5-8-2-3-11-16-8/h2-4,12-13H,5-6H2,1H3. The summed E-state index contributed by atoms with van der Waals surface area (Å²) in [6.07, 6.45) is 1.45. The molecule has 0 saturated heterocycles. The molecule has 0 bridgehead atoms. The van der Waals surface area contributed by atoms with Crippen LogP contribution in [-0.4, -0.2) is 18.7 Å². The monoisotopic (exact) mass is 288 g/mol. The third-order valence-corrected chi connectivity index (χ3v) is 5.43. The van der Waals surface area contributed by atoms with Gasteiger partial charge < -0.3 is 9.63 Å². The Kier molecular flexibility index (Phi) is 3.81. The predicted octanol–water partition coefficient (Wildman–Crippen LogP) is 1.02. The molecule has 2 rings (SSSR count). The number of aliphatic hydroxyl groups is 1. The van der Waals surface area contributed by atoms with Crippen molar-refractivity contribution < 1.29 is 18.0 Å². The topological polar surface area (TPSA) is 92.4 Å². The van der Waals surface area contributed by atoms with Crippen LogP contribution >= 0.6 is 11.3 Å². The summed E-state index contributed by atoms with van der Waals surface area (Å²) in [6.45, 7) is 1.65. The lowest BCUT2D eigenvalue weighted by Gasteiger charge is -2.01. The van der Waals surface area contributed by atoms with Gasteiger partial charge in [-0.25, -0.2) is 13.1 Å². The number of aromatic nitrogens is 1. The zero-order valence-corrected chi connectivity index (χ0v) is 11.2. The number of aliphatic hydroxyl groups excluding tert-OH is 1. The summed E-state index contributed by atoms with van der Waals surface area (Å²) in [7, 11) is -3.58. The molecule has 2 aromatic rings. The summed E-state index contributed by atoms with van der Waals surface area (Å²) < 4.78 is 31.3. The second-order valence-corrected chi connectivity index (χ2v) is 6.76. The van der Waals surface area contributed by atoms with E-state index < -0.39 is 10.0 Å². The van der Waals surface area contributed by atoms with Crippen LogP contribution in [0.2, 0.25) is 0 Å². The molecule has 2 aromatic heterocycles. The fourth-order valence-electron chi connectivity index (χ4n) is 1.35. The average molecular weight is 288 g/mol. The van der Waals surface area contributed by atoms with Gasteiger partial charge in [0, 0.05) is 10.9 Å². The van der Waals surface area contributed by atoms with Crippen molar-refractivity contribution in [3.8, 4) is 0 Å². The van der Waals surface area contributed by atoms with Crippen molar-refractivity contribution in [2.45, 2.75) is 24.3 Å². The Morgan fingerprint density at radius 2 is 2.33 bits per heavy atom. The number of sulfonamides is 1. The van der Waals surface area contributed by atoms with Gasteiger partial charge in [0.25, 0.3) is 0 Å². The Morgan fingerprint density at radius 1 is 1.56 bits per heavy atom. The lowest BCUT2D eigenvalue weighted by atomic mass is 10.3. The van der Waals surface area contributed by atoms with E-state index in [-0.39, 0.29) is 17.4 Å². The van der Waals surface area contributed by atoms with Crippen LogP contribution in [0.5, 0.6) is 0 Å². The van der Waals surface area contributed by atoms with Gasteiger partial charge >= 0.3 is 0 Å². The quantitative estimate of drug-likeness (QED) is 0.856. The Morgan fingerprint density at radius 3 is 2.89 bits per heavy atom. The maximum atomic E-state index is 12.0. The maximum Gasteiger partial charge on any atom is 0.250 e. The molecule has 98 valence electrons. The molecule has 0 atom stereocenters. The third-order valence-electron chi connectivity index (χ3n) is 2.33. The molecule has 0 aliphatic carbocycles. The van der Waals surface area contributed by atoms with Gasteiger partial charge in [-0.15, -0.1) is 11.3 Å². The SMILES string of the molecule is Cc1cc(S(=O)(=O)NCc2ccno2)sc1CO. The van der Waals surface area contributed by atoms with Gasteiger partial charge in [0.1, 0.15) is 4.21 Å². The first-order valence-corrected chi connectivity index (χ1v) is 7.42. The maximum absolute atomic E-state index is 12.0. The summed E-state index contributed by atoms with van der Waals surface area (Å²) >= 11 is 1.06. The van der Waals surface area contributed by atoms with Gasteiger partial charge in [-0.2, -0.15) is 0 Å². The van der Waals surface area contributed by atoms with Gasteiger partial charge in [0.15, 0.2) is 5.76 Å². The third kappa shape index (κ3) is 2.78. The zero-order valence-electron chi connectivity index (χ0n) is 9.58. The van der Waals surface area contributed by atoms with Crippen LogP contribution in [0, 0.1) is 6.92 Å².